The lowest BCUT2D eigenvalue weighted by Gasteiger charge is -2.25. The third kappa shape index (κ3) is 22.9. The molecule has 16 heteroatoms. The molecule has 15 nitrogen and oxygen atoms in total. The highest BCUT2D eigenvalue weighted by atomic mass is 32.1. The van der Waals surface area contributed by atoms with Crippen LogP contribution in [0.25, 0.3) is 0 Å². The molecule has 2 aromatic carbocycles. The van der Waals surface area contributed by atoms with Crippen LogP contribution in [0, 0.1) is 18.8 Å². The fourth-order valence-electron chi connectivity index (χ4n) is 7.02. The molecular formula is C46H67N7O8S. The average Bonchev–Trinajstić information content (AvgIpc) is 3.22. The lowest BCUT2D eigenvalue weighted by atomic mass is 9.89. The third-order valence-electron chi connectivity index (χ3n) is 10.4. The van der Waals surface area contributed by atoms with Crippen molar-refractivity contribution in [2.75, 3.05) is 20.1 Å². The minimum atomic E-state index is -1.22. The number of amides is 4. The maximum Gasteiger partial charge on any atom is 0.305 e. The van der Waals surface area contributed by atoms with Gasteiger partial charge in [-0.25, -0.2) is 0 Å². The van der Waals surface area contributed by atoms with E-state index in [0.717, 1.165) is 49.0 Å². The molecule has 1 fully saturated rings. The van der Waals surface area contributed by atoms with E-state index in [4.69, 9.17) is 23.7 Å². The smallest absolute Gasteiger partial charge is 0.305 e. The summed E-state index contributed by atoms with van der Waals surface area (Å²) in [7, 11) is 1.69. The molecule has 9 N–H and O–H groups in total. The van der Waals surface area contributed by atoms with Gasteiger partial charge in [0.2, 0.25) is 23.6 Å². The molecule has 0 radical (unpaired) electrons. The number of aliphatic carboxylic acids is 1. The van der Waals surface area contributed by atoms with Gasteiger partial charge in [-0.3, -0.25) is 38.6 Å². The largest absolute Gasteiger partial charge is 0.481 e. The summed E-state index contributed by atoms with van der Waals surface area (Å²) in [5, 5.41) is 19.8. The molecule has 62 heavy (non-hydrogen) atoms. The van der Waals surface area contributed by atoms with Crippen LogP contribution in [0.4, 0.5) is 0 Å². The zero-order valence-corrected chi connectivity index (χ0v) is 37.4. The number of carboxylic acids is 1. The first-order valence-electron chi connectivity index (χ1n) is 21.6. The van der Waals surface area contributed by atoms with Crippen LogP contribution in [0.1, 0.15) is 114 Å². The third-order valence-corrected chi connectivity index (χ3v) is 10.7. The molecule has 0 aliphatic carbocycles. The molecule has 0 bridgehead atoms. The maximum absolute atomic E-state index is 13.5. The van der Waals surface area contributed by atoms with Crippen LogP contribution in [-0.2, 0) is 46.4 Å². The molecular weight excluding hydrogens is 811 g/mol. The second-order valence-corrected chi connectivity index (χ2v) is 16.4. The Kier molecular flexibility index (Phi) is 25.2. The first kappa shape index (κ1) is 52.6. The topological polar surface area (TPSA) is 252 Å². The van der Waals surface area contributed by atoms with E-state index in [9.17, 15) is 38.7 Å². The molecule has 1 aliphatic heterocycles. The number of carbonyl (C=O) groups excluding carboxylic acids is 6. The fraction of sp³-hybridized carbons (Fsp3) is 0.543. The number of carboxylic acid groups (broad SMARTS) is 1. The second-order valence-electron chi connectivity index (χ2n) is 15.9. The van der Waals surface area contributed by atoms with Crippen molar-refractivity contribution in [3.63, 3.8) is 0 Å². The van der Waals surface area contributed by atoms with Crippen LogP contribution in [0.5, 0.6) is 0 Å². The highest BCUT2D eigenvalue weighted by Gasteiger charge is 2.31. The van der Waals surface area contributed by atoms with Crippen LogP contribution in [0.2, 0.25) is 0 Å². The van der Waals surface area contributed by atoms with E-state index in [1.165, 1.54) is 11.1 Å². The zero-order chi connectivity index (χ0) is 45.9. The summed E-state index contributed by atoms with van der Waals surface area (Å²) in [4.78, 5) is 93.2. The van der Waals surface area contributed by atoms with Gasteiger partial charge in [0.15, 0.2) is 11.7 Å². The first-order valence-corrected chi connectivity index (χ1v) is 22.0. The van der Waals surface area contributed by atoms with Gasteiger partial charge >= 0.3 is 5.97 Å². The van der Waals surface area contributed by atoms with Gasteiger partial charge < -0.3 is 37.8 Å². The summed E-state index contributed by atoms with van der Waals surface area (Å²) in [6.45, 7) is 3.74. The summed E-state index contributed by atoms with van der Waals surface area (Å²) in [5.41, 5.74) is 14.1. The number of benzene rings is 2. The number of Topliss-reactive ketones (excluding diaryl/α,β-unsaturated/α-hetero) is 2. The number of rotatable bonds is 19. The van der Waals surface area contributed by atoms with Gasteiger partial charge in [0.05, 0.1) is 19.0 Å². The predicted molar refractivity (Wildman–Crippen MR) is 244 cm³/mol. The number of hydrogen-bond donors (Lipinski definition) is 7. The van der Waals surface area contributed by atoms with E-state index >= 15 is 0 Å². The summed E-state index contributed by atoms with van der Waals surface area (Å²) in [6, 6.07) is 15.8. The standard InChI is InChI=1S/C29H42N6O7.C17H25NOS/c1-2-7-23-24(37)14-19(10-6-11-32-29(30)31)27(41)33-17-25(38)34-21(16-26(39)40)15-22(36)13-20(28(42)35-23)12-18-8-4-3-5-9-18;1-14-9-11-15(12-10-14)13-16(20)7-5-3-4-6-8-17(19)18-2/h3-5,8-9,19-21,23H,2,6-7,10-17H2,1H3,(H,33,41)(H,34,38)(H,35,42)(H,39,40)(H4,30,31,32);9-12H,3-8,13H2,1-2H3,(H,18,19)/t19-,20+,21-,23+;/m1./s1. The fourth-order valence-corrected chi connectivity index (χ4v) is 7.33. The van der Waals surface area contributed by atoms with E-state index in [0.29, 0.717) is 25.7 Å². The lowest BCUT2D eigenvalue weighted by Crippen LogP contribution is -2.48. The Morgan fingerprint density at radius 3 is 2.13 bits per heavy atom. The number of nitrogens with zero attached hydrogens (tertiary/aromatic N) is 1. The number of thiocarbonyl (C=S) groups is 1. The van der Waals surface area contributed by atoms with E-state index < -0.39 is 66.4 Å². The van der Waals surface area contributed by atoms with Crippen molar-refractivity contribution in [3.8, 4) is 0 Å². The molecule has 4 amide bonds. The molecule has 0 aromatic heterocycles. The number of nitrogens with two attached hydrogens (primary N) is 2. The van der Waals surface area contributed by atoms with Crippen LogP contribution in [0.3, 0.4) is 0 Å². The summed E-state index contributed by atoms with van der Waals surface area (Å²) >= 11 is 5.44. The summed E-state index contributed by atoms with van der Waals surface area (Å²) in [5.74, 6) is -5.30. The number of aryl methyl sites for hydroxylation is 1. The Morgan fingerprint density at radius 1 is 0.823 bits per heavy atom. The molecule has 340 valence electrons. The monoisotopic (exact) mass is 877 g/mol. The van der Waals surface area contributed by atoms with Gasteiger partial charge in [-0.2, -0.15) is 0 Å². The highest BCUT2D eigenvalue weighted by molar-refractivity contribution is 7.80. The van der Waals surface area contributed by atoms with Crippen molar-refractivity contribution in [2.24, 2.45) is 28.3 Å². The second kappa shape index (κ2) is 29.7. The molecule has 0 spiro atoms. The van der Waals surface area contributed by atoms with Gasteiger partial charge in [0, 0.05) is 63.6 Å². The number of hydrogen-bond acceptors (Lipinski definition) is 9. The quantitative estimate of drug-likeness (QED) is 0.0456. The first-order chi connectivity index (χ1) is 29.6. The number of nitrogens with one attached hydrogen (secondary N) is 4. The Morgan fingerprint density at radius 2 is 1.50 bits per heavy atom. The van der Waals surface area contributed by atoms with Crippen molar-refractivity contribution in [3.05, 3.63) is 71.3 Å². The minimum absolute atomic E-state index is 0.102. The highest BCUT2D eigenvalue weighted by Crippen LogP contribution is 2.20. The van der Waals surface area contributed by atoms with E-state index in [2.05, 4.69) is 57.4 Å². The van der Waals surface area contributed by atoms with Crippen molar-refractivity contribution in [1.82, 2.24) is 21.3 Å². The van der Waals surface area contributed by atoms with Crippen molar-refractivity contribution in [2.45, 2.75) is 129 Å². The molecule has 0 unspecified atom stereocenters. The number of unbranched alkanes of at least 4 members (excludes halogenated alkanes) is 3. The van der Waals surface area contributed by atoms with Gasteiger partial charge in [-0.05, 0) is 67.9 Å². The Hall–Kier alpha value is -5.51. The normalized spacial score (nSPS) is 18.9. The van der Waals surface area contributed by atoms with Gasteiger partial charge in [0.1, 0.15) is 5.78 Å². The van der Waals surface area contributed by atoms with Gasteiger partial charge in [-0.1, -0.05) is 98.6 Å². The molecule has 3 rings (SSSR count). The minimum Gasteiger partial charge on any atom is -0.481 e. The van der Waals surface area contributed by atoms with E-state index in [-0.39, 0.29) is 56.3 Å². The van der Waals surface area contributed by atoms with E-state index in [1.54, 1.807) is 7.05 Å². The molecule has 1 saturated heterocycles. The Labute approximate surface area is 371 Å². The Bertz CT molecular complexity index is 1800. The molecule has 2 aromatic rings. The number of carbonyl (C=O) groups is 7. The van der Waals surface area contributed by atoms with Gasteiger partial charge in [-0.15, -0.1) is 0 Å². The van der Waals surface area contributed by atoms with Crippen LogP contribution >= 0.6 is 12.2 Å². The molecule has 1 heterocycles. The van der Waals surface area contributed by atoms with Crippen LogP contribution in [0.15, 0.2) is 59.6 Å². The number of ketones is 2. The van der Waals surface area contributed by atoms with Crippen molar-refractivity contribution < 1.29 is 38.7 Å². The van der Waals surface area contributed by atoms with Crippen LogP contribution in [-0.4, -0.2) is 89.3 Å². The molecule has 0 saturated carbocycles. The summed E-state index contributed by atoms with van der Waals surface area (Å²) < 4.78 is 0. The summed E-state index contributed by atoms with van der Waals surface area (Å²) in [6.07, 6.45) is 7.51. The maximum atomic E-state index is 13.5. The van der Waals surface area contributed by atoms with E-state index in [1.807, 2.05) is 37.3 Å². The lowest BCUT2D eigenvalue weighted by molar-refractivity contribution is -0.138. The van der Waals surface area contributed by atoms with Crippen molar-refractivity contribution in [1.29, 1.82) is 0 Å². The zero-order valence-electron chi connectivity index (χ0n) is 36.5. The van der Waals surface area contributed by atoms with Crippen molar-refractivity contribution >= 4 is 64.2 Å². The van der Waals surface area contributed by atoms with Crippen LogP contribution < -0.4 is 32.7 Å². The SMILES string of the molecule is CCC[C@@H]1NC(=O)[C@@H](Cc2ccccc2)CC(=O)C[C@H](CC(=O)O)NC(=O)CNC(=O)[C@H](CCCN=C(N)N)CC1=O.CNC(=O)CCCCCCC(=S)Cc1ccc(C)cc1. The number of aliphatic imine (C=N–C) groups is 1. The average molecular weight is 878 g/mol. The predicted octanol–water partition coefficient (Wildman–Crippen LogP) is 4.19. The Balaban J connectivity index is 0.000000551. The molecule has 1 aliphatic rings. The van der Waals surface area contributed by atoms with Gasteiger partial charge in [0.25, 0.3) is 0 Å². The molecule has 4 atom stereocenters. The number of guanidine groups is 1.